The minimum atomic E-state index is -0.596. The van der Waals surface area contributed by atoms with Crippen molar-refractivity contribution in [2.24, 2.45) is 0 Å². The number of hydrogen-bond donors (Lipinski definition) is 1. The number of aliphatic hydroxyl groups is 1. The monoisotopic (exact) mass is 232 g/mol. The van der Waals surface area contributed by atoms with E-state index in [1.54, 1.807) is 6.08 Å². The molecule has 0 spiro atoms. The SMILES string of the molecule is O=C1C=C[C@H]([C@H](O)CCCc2ccccc2)O1. The second-order valence-corrected chi connectivity index (χ2v) is 4.21. The Morgan fingerprint density at radius 3 is 2.71 bits per heavy atom. The first kappa shape index (κ1) is 11.9. The van der Waals surface area contributed by atoms with Gasteiger partial charge in [-0.1, -0.05) is 30.3 Å². The molecule has 1 heterocycles. The molecule has 0 unspecified atom stereocenters. The first-order chi connectivity index (χ1) is 8.25. The number of aryl methyl sites for hydroxylation is 1. The second kappa shape index (κ2) is 5.64. The van der Waals surface area contributed by atoms with Gasteiger partial charge in [0.25, 0.3) is 0 Å². The molecule has 3 heteroatoms. The van der Waals surface area contributed by atoms with Crippen molar-refractivity contribution < 1.29 is 14.6 Å². The molecule has 0 aromatic heterocycles. The van der Waals surface area contributed by atoms with Gasteiger partial charge in [0.2, 0.25) is 0 Å². The summed E-state index contributed by atoms with van der Waals surface area (Å²) in [6, 6.07) is 10.1. The van der Waals surface area contributed by atoms with Gasteiger partial charge < -0.3 is 9.84 Å². The summed E-state index contributed by atoms with van der Waals surface area (Å²) in [4.78, 5) is 10.8. The van der Waals surface area contributed by atoms with Gasteiger partial charge in [-0.25, -0.2) is 4.79 Å². The fourth-order valence-electron chi connectivity index (χ4n) is 1.92. The zero-order valence-electron chi connectivity index (χ0n) is 9.58. The topological polar surface area (TPSA) is 46.5 Å². The van der Waals surface area contributed by atoms with E-state index in [0.29, 0.717) is 6.42 Å². The largest absolute Gasteiger partial charge is 0.452 e. The van der Waals surface area contributed by atoms with E-state index in [0.717, 1.165) is 12.8 Å². The number of rotatable bonds is 5. The highest BCUT2D eigenvalue weighted by Gasteiger charge is 2.24. The average molecular weight is 232 g/mol. The lowest BCUT2D eigenvalue weighted by Crippen LogP contribution is -2.25. The summed E-state index contributed by atoms with van der Waals surface area (Å²) in [5.74, 6) is -0.364. The van der Waals surface area contributed by atoms with Gasteiger partial charge in [-0.2, -0.15) is 0 Å². The molecule has 0 saturated carbocycles. The van der Waals surface area contributed by atoms with Crippen molar-refractivity contribution in [1.29, 1.82) is 0 Å². The van der Waals surface area contributed by atoms with Crippen LogP contribution in [0.2, 0.25) is 0 Å². The Hall–Kier alpha value is -1.61. The predicted molar refractivity (Wildman–Crippen MR) is 64.4 cm³/mol. The molecule has 0 saturated heterocycles. The standard InChI is InChI=1S/C14H16O3/c15-12(13-9-10-14(16)17-13)8-4-7-11-5-2-1-3-6-11/h1-3,5-6,9-10,12-13,15H,4,7-8H2/t12-,13-/m1/s1. The van der Waals surface area contributed by atoms with Crippen LogP contribution in [-0.4, -0.2) is 23.3 Å². The molecule has 0 aliphatic carbocycles. The van der Waals surface area contributed by atoms with E-state index in [-0.39, 0.29) is 5.97 Å². The second-order valence-electron chi connectivity index (χ2n) is 4.21. The van der Waals surface area contributed by atoms with Crippen molar-refractivity contribution in [3.8, 4) is 0 Å². The van der Waals surface area contributed by atoms with Crippen molar-refractivity contribution >= 4 is 5.97 Å². The van der Waals surface area contributed by atoms with Crippen molar-refractivity contribution in [3.63, 3.8) is 0 Å². The Morgan fingerprint density at radius 1 is 1.29 bits per heavy atom. The molecule has 3 nitrogen and oxygen atoms in total. The van der Waals surface area contributed by atoms with Crippen LogP contribution in [0.1, 0.15) is 18.4 Å². The van der Waals surface area contributed by atoms with Gasteiger partial charge >= 0.3 is 5.97 Å². The van der Waals surface area contributed by atoms with Gasteiger partial charge in [0.15, 0.2) is 0 Å². The number of ether oxygens (including phenoxy) is 1. The maximum atomic E-state index is 10.8. The number of esters is 1. The van der Waals surface area contributed by atoms with Gasteiger partial charge in [-0.05, 0) is 30.9 Å². The van der Waals surface area contributed by atoms with Crippen LogP contribution >= 0.6 is 0 Å². The highest BCUT2D eigenvalue weighted by molar-refractivity contribution is 5.84. The fraction of sp³-hybridized carbons (Fsp3) is 0.357. The molecule has 2 rings (SSSR count). The lowest BCUT2D eigenvalue weighted by molar-refractivity contribution is -0.142. The highest BCUT2D eigenvalue weighted by Crippen LogP contribution is 2.15. The van der Waals surface area contributed by atoms with E-state index >= 15 is 0 Å². The molecule has 1 aliphatic heterocycles. The van der Waals surface area contributed by atoms with E-state index in [1.807, 2.05) is 18.2 Å². The van der Waals surface area contributed by atoms with Crippen molar-refractivity contribution in [1.82, 2.24) is 0 Å². The lowest BCUT2D eigenvalue weighted by Gasteiger charge is -2.15. The third-order valence-corrected chi connectivity index (χ3v) is 2.86. The highest BCUT2D eigenvalue weighted by atomic mass is 16.6. The Balaban J connectivity index is 1.72. The molecular formula is C14H16O3. The van der Waals surface area contributed by atoms with Crippen LogP contribution in [0.4, 0.5) is 0 Å². The summed E-state index contributed by atoms with van der Waals surface area (Å²) in [5.41, 5.74) is 1.26. The summed E-state index contributed by atoms with van der Waals surface area (Å²) in [5, 5.41) is 9.82. The molecule has 1 aliphatic rings. The number of cyclic esters (lactones) is 1. The number of carbonyl (C=O) groups excluding carboxylic acids is 1. The van der Waals surface area contributed by atoms with Crippen LogP contribution in [0.25, 0.3) is 0 Å². The lowest BCUT2D eigenvalue weighted by atomic mass is 10.0. The third-order valence-electron chi connectivity index (χ3n) is 2.86. The maximum Gasteiger partial charge on any atom is 0.331 e. The molecule has 90 valence electrons. The van der Waals surface area contributed by atoms with E-state index < -0.39 is 12.2 Å². The summed E-state index contributed by atoms with van der Waals surface area (Å²) < 4.78 is 4.93. The normalized spacial score (nSPS) is 20.3. The minimum Gasteiger partial charge on any atom is -0.452 e. The molecule has 0 amide bonds. The first-order valence-corrected chi connectivity index (χ1v) is 5.86. The average Bonchev–Trinajstić information content (AvgIpc) is 2.77. The quantitative estimate of drug-likeness (QED) is 0.788. The smallest absolute Gasteiger partial charge is 0.331 e. The number of aliphatic hydroxyl groups excluding tert-OH is 1. The number of benzene rings is 1. The fourth-order valence-corrected chi connectivity index (χ4v) is 1.92. The number of carbonyl (C=O) groups is 1. The van der Waals surface area contributed by atoms with Gasteiger partial charge in [0.05, 0.1) is 6.10 Å². The Bertz CT molecular complexity index is 397. The molecule has 17 heavy (non-hydrogen) atoms. The Labute approximate surface area is 101 Å². The van der Waals surface area contributed by atoms with E-state index in [1.165, 1.54) is 11.6 Å². The third kappa shape index (κ3) is 3.43. The molecule has 0 fully saturated rings. The van der Waals surface area contributed by atoms with Crippen LogP contribution in [0.15, 0.2) is 42.5 Å². The summed E-state index contributed by atoms with van der Waals surface area (Å²) in [7, 11) is 0. The minimum absolute atomic E-state index is 0.364. The molecular weight excluding hydrogens is 216 g/mol. The molecule has 1 N–H and O–H groups in total. The molecule has 1 aromatic carbocycles. The Morgan fingerprint density at radius 2 is 2.06 bits per heavy atom. The zero-order chi connectivity index (χ0) is 12.1. The van der Waals surface area contributed by atoms with Gasteiger partial charge in [-0.15, -0.1) is 0 Å². The molecule has 0 bridgehead atoms. The van der Waals surface area contributed by atoms with E-state index in [9.17, 15) is 9.90 Å². The van der Waals surface area contributed by atoms with Crippen LogP contribution in [0.5, 0.6) is 0 Å². The van der Waals surface area contributed by atoms with Crippen LogP contribution in [0, 0.1) is 0 Å². The first-order valence-electron chi connectivity index (χ1n) is 5.86. The molecule has 0 radical (unpaired) electrons. The summed E-state index contributed by atoms with van der Waals surface area (Å²) in [6.45, 7) is 0. The van der Waals surface area contributed by atoms with Crippen LogP contribution in [0.3, 0.4) is 0 Å². The van der Waals surface area contributed by atoms with Crippen molar-refractivity contribution in [3.05, 3.63) is 48.0 Å². The van der Waals surface area contributed by atoms with Gasteiger partial charge in [0.1, 0.15) is 6.10 Å². The number of hydrogen-bond acceptors (Lipinski definition) is 3. The Kier molecular flexibility index (Phi) is 3.94. The summed E-state index contributed by atoms with van der Waals surface area (Å²) in [6.07, 6.45) is 4.38. The van der Waals surface area contributed by atoms with Crippen molar-refractivity contribution in [2.45, 2.75) is 31.5 Å². The van der Waals surface area contributed by atoms with Crippen LogP contribution < -0.4 is 0 Å². The van der Waals surface area contributed by atoms with Crippen molar-refractivity contribution in [2.75, 3.05) is 0 Å². The van der Waals surface area contributed by atoms with E-state index in [4.69, 9.17) is 4.74 Å². The zero-order valence-corrected chi connectivity index (χ0v) is 9.58. The molecule has 2 atom stereocenters. The van der Waals surface area contributed by atoms with E-state index in [2.05, 4.69) is 12.1 Å². The summed E-state index contributed by atoms with van der Waals surface area (Å²) >= 11 is 0. The maximum absolute atomic E-state index is 10.8. The van der Waals surface area contributed by atoms with Gasteiger partial charge in [0, 0.05) is 6.08 Å². The molecule has 1 aromatic rings. The van der Waals surface area contributed by atoms with Gasteiger partial charge in [-0.3, -0.25) is 0 Å². The predicted octanol–water partition coefficient (Wildman–Crippen LogP) is 1.85. The van der Waals surface area contributed by atoms with Crippen LogP contribution in [-0.2, 0) is 16.0 Å².